The molecule has 1 amide bonds. The van der Waals surface area contributed by atoms with E-state index in [-0.39, 0.29) is 23.2 Å². The summed E-state index contributed by atoms with van der Waals surface area (Å²) in [6, 6.07) is 0. The van der Waals surface area contributed by atoms with Crippen molar-refractivity contribution in [1.82, 2.24) is 9.88 Å². The van der Waals surface area contributed by atoms with Crippen LogP contribution in [-0.4, -0.2) is 52.2 Å². The van der Waals surface area contributed by atoms with Crippen LogP contribution in [0.4, 0.5) is 0 Å². The molecule has 1 fully saturated rings. The summed E-state index contributed by atoms with van der Waals surface area (Å²) in [5.41, 5.74) is -0.447. The van der Waals surface area contributed by atoms with Crippen LogP contribution in [0.25, 0.3) is 0 Å². The van der Waals surface area contributed by atoms with E-state index in [1.165, 1.54) is 0 Å². The van der Waals surface area contributed by atoms with Gasteiger partial charge in [0.2, 0.25) is 5.01 Å². The van der Waals surface area contributed by atoms with Crippen molar-refractivity contribution in [3.63, 3.8) is 0 Å². The van der Waals surface area contributed by atoms with E-state index in [2.05, 4.69) is 4.98 Å². The monoisotopic (exact) mass is 312 g/mol. The highest BCUT2D eigenvalue weighted by Crippen LogP contribution is 2.23. The van der Waals surface area contributed by atoms with Gasteiger partial charge >= 0.3 is 5.97 Å². The summed E-state index contributed by atoms with van der Waals surface area (Å²) in [6.07, 6.45) is 1.99. The molecule has 21 heavy (non-hydrogen) atoms. The van der Waals surface area contributed by atoms with Gasteiger partial charge in [-0.3, -0.25) is 4.79 Å². The van der Waals surface area contributed by atoms with E-state index >= 15 is 0 Å². The van der Waals surface area contributed by atoms with E-state index in [0.29, 0.717) is 25.9 Å². The predicted octanol–water partition coefficient (Wildman–Crippen LogP) is 1.70. The van der Waals surface area contributed by atoms with Crippen molar-refractivity contribution in [1.29, 1.82) is 0 Å². The van der Waals surface area contributed by atoms with Crippen LogP contribution in [0.5, 0.6) is 0 Å². The first-order chi connectivity index (χ1) is 9.93. The van der Waals surface area contributed by atoms with Gasteiger partial charge in [-0.25, -0.2) is 9.78 Å². The molecule has 1 N–H and O–H groups in total. The summed E-state index contributed by atoms with van der Waals surface area (Å²) in [5, 5.41) is 11.8. The van der Waals surface area contributed by atoms with Crippen LogP contribution in [0.1, 0.15) is 53.4 Å². The van der Waals surface area contributed by atoms with Crippen LogP contribution < -0.4 is 0 Å². The molecule has 1 saturated heterocycles. The van der Waals surface area contributed by atoms with Crippen molar-refractivity contribution in [2.24, 2.45) is 0 Å². The second-order valence-corrected chi connectivity index (χ2v) is 6.26. The van der Waals surface area contributed by atoms with Gasteiger partial charge in [0.15, 0.2) is 0 Å². The van der Waals surface area contributed by atoms with E-state index in [9.17, 15) is 14.7 Å². The number of aromatic nitrogens is 1. The molecule has 1 aromatic rings. The smallest absolute Gasteiger partial charge is 0.367 e. The van der Waals surface area contributed by atoms with Crippen LogP contribution >= 0.6 is 11.3 Å². The summed E-state index contributed by atoms with van der Waals surface area (Å²) >= 11 is 1.11. The third-order valence-electron chi connectivity index (χ3n) is 3.52. The number of hydrogen-bond donors (Lipinski definition) is 1. The number of thiazole rings is 1. The van der Waals surface area contributed by atoms with Crippen LogP contribution in [0.2, 0.25) is 0 Å². The number of ether oxygens (including phenoxy) is 1. The minimum atomic E-state index is -0.715. The van der Waals surface area contributed by atoms with Gasteiger partial charge in [-0.15, -0.1) is 11.3 Å². The fourth-order valence-electron chi connectivity index (χ4n) is 2.29. The minimum absolute atomic E-state index is 0.195. The maximum atomic E-state index is 12.4. The zero-order chi connectivity index (χ0) is 15.5. The molecule has 116 valence electrons. The van der Waals surface area contributed by atoms with E-state index in [1.807, 2.05) is 0 Å². The zero-order valence-corrected chi connectivity index (χ0v) is 13.1. The number of amides is 1. The fraction of sp³-hybridized carbons (Fsp3) is 0.643. The number of rotatable bonds is 3. The predicted molar refractivity (Wildman–Crippen MR) is 78.4 cm³/mol. The number of likely N-dealkylation sites (tertiary alicyclic amines) is 1. The van der Waals surface area contributed by atoms with E-state index in [0.717, 1.165) is 17.8 Å². The van der Waals surface area contributed by atoms with Gasteiger partial charge in [0, 0.05) is 18.5 Å². The molecule has 0 saturated carbocycles. The molecule has 0 radical (unpaired) electrons. The zero-order valence-electron chi connectivity index (χ0n) is 12.3. The van der Waals surface area contributed by atoms with Crippen molar-refractivity contribution in [2.45, 2.75) is 38.7 Å². The molecule has 1 unspecified atom stereocenters. The maximum Gasteiger partial charge on any atom is 0.367 e. The Bertz CT molecular complexity index is 527. The maximum absolute atomic E-state index is 12.4. The van der Waals surface area contributed by atoms with Crippen LogP contribution in [0.3, 0.4) is 0 Å². The molecule has 0 bridgehead atoms. The Morgan fingerprint density at radius 3 is 2.95 bits per heavy atom. The Hall–Kier alpha value is -1.47. The average molecular weight is 312 g/mol. The number of carbonyl (C=O) groups is 2. The standard InChI is InChI=1S/C14H20N2O4S/c1-3-20-13(18)11-15-10(9-21-11)12(17)16-7-4-5-14(2,19)6-8-16/h9,19H,3-8H2,1-2H3. The Morgan fingerprint density at radius 1 is 1.48 bits per heavy atom. The van der Waals surface area contributed by atoms with E-state index < -0.39 is 11.6 Å². The third-order valence-corrected chi connectivity index (χ3v) is 4.35. The molecule has 7 heteroatoms. The summed E-state index contributed by atoms with van der Waals surface area (Å²) in [5.74, 6) is -0.695. The molecule has 1 aromatic heterocycles. The lowest BCUT2D eigenvalue weighted by atomic mass is 9.98. The van der Waals surface area contributed by atoms with Crippen molar-refractivity contribution in [2.75, 3.05) is 19.7 Å². The van der Waals surface area contributed by atoms with Gasteiger partial charge in [-0.2, -0.15) is 0 Å². The highest BCUT2D eigenvalue weighted by Gasteiger charge is 2.28. The third kappa shape index (κ3) is 4.01. The van der Waals surface area contributed by atoms with Gasteiger partial charge in [0.05, 0.1) is 12.2 Å². The van der Waals surface area contributed by atoms with Gasteiger partial charge in [-0.05, 0) is 33.1 Å². The molecule has 1 aliphatic rings. The van der Waals surface area contributed by atoms with Crippen molar-refractivity contribution in [3.05, 3.63) is 16.1 Å². The Balaban J connectivity index is 2.04. The number of hydrogen-bond acceptors (Lipinski definition) is 6. The second-order valence-electron chi connectivity index (χ2n) is 5.40. The minimum Gasteiger partial charge on any atom is -0.461 e. The number of carbonyl (C=O) groups excluding carboxylic acids is 2. The molecule has 0 spiro atoms. The van der Waals surface area contributed by atoms with Crippen LogP contribution in [-0.2, 0) is 4.74 Å². The fourth-order valence-corrected chi connectivity index (χ4v) is 2.97. The molecular weight excluding hydrogens is 292 g/mol. The number of nitrogens with zero attached hydrogens (tertiary/aromatic N) is 2. The summed E-state index contributed by atoms with van der Waals surface area (Å²) < 4.78 is 4.86. The van der Waals surface area contributed by atoms with Crippen LogP contribution in [0.15, 0.2) is 5.38 Å². The van der Waals surface area contributed by atoms with E-state index in [1.54, 1.807) is 24.1 Å². The Labute approximate surface area is 127 Å². The van der Waals surface area contributed by atoms with Gasteiger partial charge in [0.25, 0.3) is 5.91 Å². The van der Waals surface area contributed by atoms with Crippen molar-refractivity contribution >= 4 is 23.2 Å². The Kier molecular flexibility index (Phi) is 4.95. The molecule has 0 aromatic carbocycles. The lowest BCUT2D eigenvalue weighted by Gasteiger charge is -2.22. The normalized spacial score (nSPS) is 22.7. The van der Waals surface area contributed by atoms with Crippen molar-refractivity contribution in [3.8, 4) is 0 Å². The summed E-state index contributed by atoms with van der Waals surface area (Å²) in [7, 11) is 0. The molecule has 1 aliphatic heterocycles. The molecular formula is C14H20N2O4S. The molecule has 0 aliphatic carbocycles. The summed E-state index contributed by atoms with van der Waals surface area (Å²) in [4.78, 5) is 29.7. The molecule has 2 heterocycles. The lowest BCUT2D eigenvalue weighted by Crippen LogP contribution is -2.33. The topological polar surface area (TPSA) is 79.7 Å². The lowest BCUT2D eigenvalue weighted by molar-refractivity contribution is 0.0437. The number of aliphatic hydroxyl groups is 1. The Morgan fingerprint density at radius 2 is 2.24 bits per heavy atom. The first-order valence-corrected chi connectivity index (χ1v) is 7.95. The number of esters is 1. The van der Waals surface area contributed by atoms with E-state index in [4.69, 9.17) is 4.74 Å². The average Bonchev–Trinajstić information content (AvgIpc) is 2.84. The highest BCUT2D eigenvalue weighted by atomic mass is 32.1. The second kappa shape index (κ2) is 6.53. The largest absolute Gasteiger partial charge is 0.461 e. The molecule has 2 rings (SSSR count). The van der Waals surface area contributed by atoms with Gasteiger partial charge in [0.1, 0.15) is 5.69 Å². The first kappa shape index (κ1) is 15.9. The van der Waals surface area contributed by atoms with Crippen molar-refractivity contribution < 1.29 is 19.4 Å². The van der Waals surface area contributed by atoms with Gasteiger partial charge in [-0.1, -0.05) is 0 Å². The molecule has 1 atom stereocenters. The quantitative estimate of drug-likeness (QED) is 0.859. The van der Waals surface area contributed by atoms with Gasteiger partial charge < -0.3 is 14.7 Å². The summed E-state index contributed by atoms with van der Waals surface area (Å²) in [6.45, 7) is 4.89. The molecule has 6 nitrogen and oxygen atoms in total. The highest BCUT2D eigenvalue weighted by molar-refractivity contribution is 7.11. The van der Waals surface area contributed by atoms with Crippen LogP contribution in [0, 0.1) is 0 Å². The SMILES string of the molecule is CCOC(=O)c1nc(C(=O)N2CCCC(C)(O)CC2)cs1. The first-order valence-electron chi connectivity index (χ1n) is 7.07.